The molecule has 0 aromatic heterocycles. The molecule has 1 amide bonds. The average Bonchev–Trinajstić information content (AvgIpc) is 3.18. The fourth-order valence-electron chi connectivity index (χ4n) is 6.91. The Hall–Kier alpha value is -1.63. The summed E-state index contributed by atoms with van der Waals surface area (Å²) in [7, 11) is 0. The number of ether oxygens (including phenoxy) is 2. The van der Waals surface area contributed by atoms with E-state index in [4.69, 9.17) is 9.47 Å². The van der Waals surface area contributed by atoms with Crippen LogP contribution in [-0.4, -0.2) is 98.7 Å². The van der Waals surface area contributed by atoms with Gasteiger partial charge in [-0.1, -0.05) is 178 Å². The standard InChI is InChI=1S/C45H83NO9/c1-4-6-8-10-12-13-14-15-16-17-18-19-20-22-24-28-33-39(49)44(53)46-37(35-54-45-43(52)42(51)41(50)40(34-47)55-45)38(48)32-29-25-27-31-36(3)30-26-23-21-11-9-7-5-2/h26,29-32,37-43,45,47-52H,4-25,27-28,33-35H2,1-3H3,(H,46,53)/b30-26+,32-29+,36-31+/t37-,38+,39+,40+,41+,42-,43+,45+/m0/s1. The number of hydrogen-bond donors (Lipinski definition) is 7. The van der Waals surface area contributed by atoms with Crippen LogP contribution in [0.3, 0.4) is 0 Å². The Morgan fingerprint density at radius 3 is 1.76 bits per heavy atom. The number of allylic oxidation sites excluding steroid dienone is 5. The van der Waals surface area contributed by atoms with Crippen molar-refractivity contribution >= 4 is 5.91 Å². The Labute approximate surface area is 334 Å². The zero-order valence-electron chi connectivity index (χ0n) is 35.0. The van der Waals surface area contributed by atoms with E-state index in [0.29, 0.717) is 19.3 Å². The number of rotatable bonds is 35. The molecule has 0 unspecified atom stereocenters. The number of hydrogen-bond acceptors (Lipinski definition) is 9. The average molecular weight is 782 g/mol. The maximum absolute atomic E-state index is 13.0. The molecule has 1 aliphatic rings. The van der Waals surface area contributed by atoms with Crippen LogP contribution in [-0.2, 0) is 14.3 Å². The summed E-state index contributed by atoms with van der Waals surface area (Å²) >= 11 is 0. The molecule has 10 nitrogen and oxygen atoms in total. The first kappa shape index (κ1) is 51.4. The number of unbranched alkanes of at least 4 members (excludes halogenated alkanes) is 21. The lowest BCUT2D eigenvalue weighted by Gasteiger charge is -2.40. The highest BCUT2D eigenvalue weighted by Gasteiger charge is 2.44. The molecular formula is C45H83NO9. The third kappa shape index (κ3) is 25.4. The van der Waals surface area contributed by atoms with E-state index in [1.54, 1.807) is 6.08 Å². The predicted molar refractivity (Wildman–Crippen MR) is 222 cm³/mol. The van der Waals surface area contributed by atoms with Gasteiger partial charge in [-0.15, -0.1) is 0 Å². The number of aliphatic hydroxyl groups is 6. The van der Waals surface area contributed by atoms with Gasteiger partial charge in [0.15, 0.2) is 6.29 Å². The maximum atomic E-state index is 13.0. The van der Waals surface area contributed by atoms with E-state index in [9.17, 15) is 35.4 Å². The molecule has 1 saturated heterocycles. The summed E-state index contributed by atoms with van der Waals surface area (Å²) in [6.45, 7) is 5.61. The third-order valence-electron chi connectivity index (χ3n) is 10.7. The largest absolute Gasteiger partial charge is 0.394 e. The molecule has 7 N–H and O–H groups in total. The Bertz CT molecular complexity index is 1000. The summed E-state index contributed by atoms with van der Waals surface area (Å²) < 4.78 is 11.1. The molecule has 10 heteroatoms. The molecule has 0 aliphatic carbocycles. The van der Waals surface area contributed by atoms with Crippen molar-refractivity contribution in [2.45, 2.75) is 230 Å². The van der Waals surface area contributed by atoms with Crippen molar-refractivity contribution in [3.05, 3.63) is 36.0 Å². The normalized spacial score (nSPS) is 22.4. The van der Waals surface area contributed by atoms with E-state index < -0.39 is 61.5 Å². The van der Waals surface area contributed by atoms with E-state index in [2.05, 4.69) is 44.3 Å². The molecule has 0 aromatic carbocycles. The van der Waals surface area contributed by atoms with Crippen LogP contribution in [0.25, 0.3) is 0 Å². The molecule has 8 atom stereocenters. The van der Waals surface area contributed by atoms with Crippen LogP contribution in [0.15, 0.2) is 36.0 Å². The zero-order chi connectivity index (χ0) is 40.5. The smallest absolute Gasteiger partial charge is 0.249 e. The van der Waals surface area contributed by atoms with Gasteiger partial charge in [0.05, 0.1) is 25.4 Å². The predicted octanol–water partition coefficient (Wildman–Crippen LogP) is 7.86. The first-order valence-electron chi connectivity index (χ1n) is 22.2. The van der Waals surface area contributed by atoms with Crippen LogP contribution in [0.1, 0.15) is 181 Å². The first-order chi connectivity index (χ1) is 26.7. The molecule has 322 valence electrons. The highest BCUT2D eigenvalue weighted by Crippen LogP contribution is 2.22. The van der Waals surface area contributed by atoms with Gasteiger partial charge in [-0.05, 0) is 39.0 Å². The molecule has 1 heterocycles. The van der Waals surface area contributed by atoms with Crippen molar-refractivity contribution in [2.24, 2.45) is 0 Å². The van der Waals surface area contributed by atoms with Crippen LogP contribution < -0.4 is 5.32 Å². The van der Waals surface area contributed by atoms with Crippen LogP contribution in [0.2, 0.25) is 0 Å². The van der Waals surface area contributed by atoms with Crippen LogP contribution >= 0.6 is 0 Å². The second-order valence-corrected chi connectivity index (χ2v) is 15.8. The lowest BCUT2D eigenvalue weighted by atomic mass is 9.99. The van der Waals surface area contributed by atoms with Crippen molar-refractivity contribution in [3.63, 3.8) is 0 Å². The zero-order valence-corrected chi connectivity index (χ0v) is 35.0. The Morgan fingerprint density at radius 1 is 0.691 bits per heavy atom. The summed E-state index contributed by atoms with van der Waals surface area (Å²) in [5, 5.41) is 64.6. The maximum Gasteiger partial charge on any atom is 0.249 e. The lowest BCUT2D eigenvalue weighted by Crippen LogP contribution is -2.60. The second kappa shape index (κ2) is 34.4. The summed E-state index contributed by atoms with van der Waals surface area (Å²) in [6.07, 6.45) is 29.1. The van der Waals surface area contributed by atoms with Crippen LogP contribution in [0, 0.1) is 0 Å². The molecule has 1 fully saturated rings. The van der Waals surface area contributed by atoms with E-state index in [0.717, 1.165) is 32.1 Å². The van der Waals surface area contributed by atoms with Gasteiger partial charge in [0, 0.05) is 0 Å². The number of carbonyl (C=O) groups excluding carboxylic acids is 1. The van der Waals surface area contributed by atoms with Gasteiger partial charge >= 0.3 is 0 Å². The minimum atomic E-state index is -1.62. The lowest BCUT2D eigenvalue weighted by molar-refractivity contribution is -0.302. The van der Waals surface area contributed by atoms with Crippen LogP contribution in [0.5, 0.6) is 0 Å². The van der Waals surface area contributed by atoms with E-state index >= 15 is 0 Å². The van der Waals surface area contributed by atoms with Gasteiger partial charge in [0.1, 0.15) is 30.5 Å². The Kier molecular flexibility index (Phi) is 32.2. The number of amides is 1. The monoisotopic (exact) mass is 782 g/mol. The molecule has 0 saturated carbocycles. The quantitative estimate of drug-likeness (QED) is 0.0192. The minimum absolute atomic E-state index is 0.301. The molecule has 0 spiro atoms. The number of aliphatic hydroxyl groups excluding tert-OH is 6. The van der Waals surface area contributed by atoms with Crippen LogP contribution in [0.4, 0.5) is 0 Å². The van der Waals surface area contributed by atoms with Gasteiger partial charge in [-0.2, -0.15) is 0 Å². The van der Waals surface area contributed by atoms with Gasteiger partial charge in [0.25, 0.3) is 0 Å². The summed E-state index contributed by atoms with van der Waals surface area (Å²) in [5.74, 6) is -0.633. The summed E-state index contributed by atoms with van der Waals surface area (Å²) in [5.41, 5.74) is 1.18. The van der Waals surface area contributed by atoms with E-state index in [-0.39, 0.29) is 6.61 Å². The fraction of sp³-hybridized carbons (Fsp3) is 0.844. The Morgan fingerprint density at radius 2 is 1.22 bits per heavy atom. The molecule has 0 aromatic rings. The molecule has 0 bridgehead atoms. The summed E-state index contributed by atoms with van der Waals surface area (Å²) in [4.78, 5) is 13.0. The van der Waals surface area contributed by atoms with Crippen molar-refractivity contribution in [1.29, 1.82) is 0 Å². The summed E-state index contributed by atoms with van der Waals surface area (Å²) in [6, 6.07) is -1.01. The van der Waals surface area contributed by atoms with Gasteiger partial charge in [-0.3, -0.25) is 4.79 Å². The number of carbonyl (C=O) groups is 1. The van der Waals surface area contributed by atoms with Gasteiger partial charge in [-0.25, -0.2) is 0 Å². The van der Waals surface area contributed by atoms with Crippen molar-refractivity contribution in [2.75, 3.05) is 13.2 Å². The Balaban J connectivity index is 2.52. The fourth-order valence-corrected chi connectivity index (χ4v) is 6.91. The van der Waals surface area contributed by atoms with Gasteiger partial charge < -0.3 is 45.4 Å². The second-order valence-electron chi connectivity index (χ2n) is 15.8. The highest BCUT2D eigenvalue weighted by atomic mass is 16.7. The van der Waals surface area contributed by atoms with Crippen molar-refractivity contribution in [1.82, 2.24) is 5.32 Å². The topological polar surface area (TPSA) is 169 Å². The van der Waals surface area contributed by atoms with E-state index in [1.165, 1.54) is 115 Å². The molecule has 55 heavy (non-hydrogen) atoms. The number of nitrogens with one attached hydrogen (secondary N) is 1. The third-order valence-corrected chi connectivity index (χ3v) is 10.7. The minimum Gasteiger partial charge on any atom is -0.394 e. The van der Waals surface area contributed by atoms with E-state index in [1.807, 2.05) is 6.08 Å². The molecule has 1 rings (SSSR count). The van der Waals surface area contributed by atoms with Crippen molar-refractivity contribution in [3.8, 4) is 0 Å². The molecular weight excluding hydrogens is 698 g/mol. The van der Waals surface area contributed by atoms with Gasteiger partial charge in [0.2, 0.25) is 5.91 Å². The molecule has 0 radical (unpaired) electrons. The van der Waals surface area contributed by atoms with Crippen molar-refractivity contribution < 1.29 is 44.9 Å². The SMILES string of the molecule is CCCCCCC/C=C/C(C)=C/CC/C=C/[C@@H](O)[C@H](CO[C@@H]1O[C@H](CO)[C@@H](O)[C@H](O)[C@H]1O)NC(=O)[C@H](O)CCCCCCCCCCCCCCCCCC. The highest BCUT2D eigenvalue weighted by molar-refractivity contribution is 5.80. The first-order valence-corrected chi connectivity index (χ1v) is 22.2. The molecule has 1 aliphatic heterocycles.